The zero-order chi connectivity index (χ0) is 13.6. The van der Waals surface area contributed by atoms with Gasteiger partial charge >= 0.3 is 0 Å². The molecule has 5 nitrogen and oxygen atoms in total. The summed E-state index contributed by atoms with van der Waals surface area (Å²) in [7, 11) is 0. The average molecular weight is 272 g/mol. The van der Waals surface area contributed by atoms with Crippen LogP contribution in [0.3, 0.4) is 0 Å². The molecule has 0 radical (unpaired) electrons. The third kappa shape index (κ3) is 3.57. The molecule has 1 aliphatic rings. The van der Waals surface area contributed by atoms with Crippen LogP contribution in [-0.4, -0.2) is 34.5 Å². The van der Waals surface area contributed by atoms with Gasteiger partial charge in [-0.15, -0.1) is 0 Å². The lowest BCUT2D eigenvalue weighted by Gasteiger charge is -2.22. The second kappa shape index (κ2) is 6.52. The second-order valence-corrected chi connectivity index (χ2v) is 5.26. The molecular formula is C15H20N4O. The molecule has 5 heteroatoms. The number of anilines is 1. The third-order valence-corrected chi connectivity index (χ3v) is 3.59. The topological polar surface area (TPSA) is 52.0 Å². The number of nitrogens with one attached hydrogen (secondary N) is 1. The van der Waals surface area contributed by atoms with Crippen molar-refractivity contribution in [1.29, 1.82) is 0 Å². The molecule has 2 heterocycles. The molecule has 1 aromatic heterocycles. The summed E-state index contributed by atoms with van der Waals surface area (Å²) in [6, 6.07) is 8.46. The first-order valence-electron chi connectivity index (χ1n) is 7.13. The van der Waals surface area contributed by atoms with E-state index in [2.05, 4.69) is 39.7 Å². The quantitative estimate of drug-likeness (QED) is 0.906. The monoisotopic (exact) mass is 272 g/mol. The van der Waals surface area contributed by atoms with E-state index in [-0.39, 0.29) is 0 Å². The molecule has 20 heavy (non-hydrogen) atoms. The van der Waals surface area contributed by atoms with Gasteiger partial charge in [-0.25, -0.2) is 9.67 Å². The highest BCUT2D eigenvalue weighted by Gasteiger charge is 2.13. The van der Waals surface area contributed by atoms with E-state index in [1.54, 1.807) is 12.7 Å². The Labute approximate surface area is 119 Å². The molecule has 1 aromatic carbocycles. The zero-order valence-corrected chi connectivity index (χ0v) is 11.5. The number of benzene rings is 1. The van der Waals surface area contributed by atoms with Crippen LogP contribution < -0.4 is 5.32 Å². The van der Waals surface area contributed by atoms with Crippen LogP contribution in [0.4, 0.5) is 5.69 Å². The molecule has 1 atom stereocenters. The molecule has 1 saturated heterocycles. The Morgan fingerprint density at radius 3 is 3.20 bits per heavy atom. The van der Waals surface area contributed by atoms with Crippen molar-refractivity contribution in [1.82, 2.24) is 14.8 Å². The fourth-order valence-electron chi connectivity index (χ4n) is 2.51. The lowest BCUT2D eigenvalue weighted by molar-refractivity contribution is 0.0595. The molecule has 0 bridgehead atoms. The van der Waals surface area contributed by atoms with Gasteiger partial charge in [-0.1, -0.05) is 12.1 Å². The van der Waals surface area contributed by atoms with Gasteiger partial charge in [0.25, 0.3) is 0 Å². The van der Waals surface area contributed by atoms with Crippen LogP contribution in [0.25, 0.3) is 0 Å². The largest absolute Gasteiger partial charge is 0.385 e. The van der Waals surface area contributed by atoms with E-state index in [4.69, 9.17) is 4.74 Å². The Morgan fingerprint density at radius 2 is 2.40 bits per heavy atom. The Kier molecular flexibility index (Phi) is 4.28. The van der Waals surface area contributed by atoms with Crippen molar-refractivity contribution < 1.29 is 4.74 Å². The maximum Gasteiger partial charge on any atom is 0.137 e. The number of rotatable bonds is 5. The highest BCUT2D eigenvalue weighted by molar-refractivity contribution is 5.45. The summed E-state index contributed by atoms with van der Waals surface area (Å²) in [4.78, 5) is 3.96. The Morgan fingerprint density at radius 1 is 1.40 bits per heavy atom. The predicted octanol–water partition coefficient (Wildman–Crippen LogP) is 2.16. The maximum absolute atomic E-state index is 5.51. The van der Waals surface area contributed by atoms with Gasteiger partial charge in [0.2, 0.25) is 0 Å². The average Bonchev–Trinajstić information content (AvgIpc) is 3.00. The summed E-state index contributed by atoms with van der Waals surface area (Å²) in [5.74, 6) is 0.628. The van der Waals surface area contributed by atoms with E-state index in [1.165, 1.54) is 18.4 Å². The molecule has 1 aliphatic heterocycles. The van der Waals surface area contributed by atoms with Crippen LogP contribution in [0.15, 0.2) is 36.9 Å². The zero-order valence-electron chi connectivity index (χ0n) is 11.5. The first-order valence-corrected chi connectivity index (χ1v) is 7.13. The highest BCUT2D eigenvalue weighted by atomic mass is 16.5. The minimum Gasteiger partial charge on any atom is -0.385 e. The van der Waals surface area contributed by atoms with E-state index >= 15 is 0 Å². The molecule has 0 spiro atoms. The molecule has 106 valence electrons. The Hall–Kier alpha value is -1.88. The number of nitrogens with zero attached hydrogens (tertiary/aromatic N) is 3. The standard InChI is InChI=1S/C15H20N4O/c1-3-13(9-19-12-16-11-18-19)7-15(5-1)17-8-14-4-2-6-20-10-14/h1,3,5,7,11-12,14,17H,2,4,6,8-10H2. The van der Waals surface area contributed by atoms with Crippen molar-refractivity contribution in [3.63, 3.8) is 0 Å². The summed E-state index contributed by atoms with van der Waals surface area (Å²) in [5, 5.41) is 7.64. The number of hydrogen-bond acceptors (Lipinski definition) is 4. The van der Waals surface area contributed by atoms with Crippen molar-refractivity contribution in [3.8, 4) is 0 Å². The number of aromatic nitrogens is 3. The molecule has 1 N–H and O–H groups in total. The molecule has 1 unspecified atom stereocenters. The van der Waals surface area contributed by atoms with E-state index in [1.807, 2.05) is 4.68 Å². The predicted molar refractivity (Wildman–Crippen MR) is 77.6 cm³/mol. The highest BCUT2D eigenvalue weighted by Crippen LogP contribution is 2.16. The van der Waals surface area contributed by atoms with Crippen molar-refractivity contribution in [3.05, 3.63) is 42.5 Å². The van der Waals surface area contributed by atoms with Gasteiger partial charge in [0.05, 0.1) is 13.2 Å². The molecule has 0 aliphatic carbocycles. The van der Waals surface area contributed by atoms with Gasteiger partial charge in [0.1, 0.15) is 12.7 Å². The Bertz CT molecular complexity index is 520. The lowest BCUT2D eigenvalue weighted by Crippen LogP contribution is -2.24. The lowest BCUT2D eigenvalue weighted by atomic mass is 10.0. The van der Waals surface area contributed by atoms with Gasteiger partial charge in [-0.05, 0) is 36.5 Å². The molecule has 0 saturated carbocycles. The number of hydrogen-bond donors (Lipinski definition) is 1. The normalized spacial score (nSPS) is 18.9. The first-order chi connectivity index (χ1) is 9.90. The number of ether oxygens (including phenoxy) is 1. The van der Waals surface area contributed by atoms with Crippen molar-refractivity contribution >= 4 is 5.69 Å². The summed E-state index contributed by atoms with van der Waals surface area (Å²) in [6.45, 7) is 3.53. The van der Waals surface area contributed by atoms with Crippen LogP contribution in [0.5, 0.6) is 0 Å². The molecule has 0 amide bonds. The van der Waals surface area contributed by atoms with Gasteiger partial charge in [-0.3, -0.25) is 0 Å². The van der Waals surface area contributed by atoms with Gasteiger partial charge < -0.3 is 10.1 Å². The fourth-order valence-corrected chi connectivity index (χ4v) is 2.51. The van der Waals surface area contributed by atoms with Crippen LogP contribution in [0.1, 0.15) is 18.4 Å². The molecular weight excluding hydrogens is 252 g/mol. The maximum atomic E-state index is 5.51. The smallest absolute Gasteiger partial charge is 0.137 e. The third-order valence-electron chi connectivity index (χ3n) is 3.59. The van der Waals surface area contributed by atoms with E-state index in [0.29, 0.717) is 5.92 Å². The first kappa shape index (κ1) is 13.1. The van der Waals surface area contributed by atoms with Crippen LogP contribution in [0.2, 0.25) is 0 Å². The van der Waals surface area contributed by atoms with Crippen LogP contribution >= 0.6 is 0 Å². The minimum atomic E-state index is 0.628. The van der Waals surface area contributed by atoms with Crippen molar-refractivity contribution in [2.24, 2.45) is 5.92 Å². The van der Waals surface area contributed by atoms with Gasteiger partial charge in [-0.2, -0.15) is 5.10 Å². The summed E-state index contributed by atoms with van der Waals surface area (Å²) >= 11 is 0. The van der Waals surface area contributed by atoms with E-state index in [9.17, 15) is 0 Å². The Balaban J connectivity index is 1.56. The summed E-state index contributed by atoms with van der Waals surface area (Å²) < 4.78 is 7.33. The summed E-state index contributed by atoms with van der Waals surface area (Å²) in [5.41, 5.74) is 2.38. The van der Waals surface area contributed by atoms with Crippen LogP contribution in [-0.2, 0) is 11.3 Å². The molecule has 1 fully saturated rings. The SMILES string of the molecule is c1cc(Cn2cncn2)cc(NCC2CCCOC2)c1. The summed E-state index contributed by atoms with van der Waals surface area (Å²) in [6.07, 6.45) is 5.73. The molecule has 3 rings (SSSR count). The van der Waals surface area contributed by atoms with E-state index < -0.39 is 0 Å². The van der Waals surface area contributed by atoms with Crippen molar-refractivity contribution in [2.45, 2.75) is 19.4 Å². The molecule has 2 aromatic rings. The van der Waals surface area contributed by atoms with Gasteiger partial charge in [0, 0.05) is 18.8 Å². The minimum absolute atomic E-state index is 0.628. The van der Waals surface area contributed by atoms with Gasteiger partial charge in [0.15, 0.2) is 0 Å². The van der Waals surface area contributed by atoms with Crippen LogP contribution in [0, 0.1) is 5.92 Å². The fraction of sp³-hybridized carbons (Fsp3) is 0.467. The van der Waals surface area contributed by atoms with E-state index in [0.717, 1.165) is 32.0 Å². The van der Waals surface area contributed by atoms with Crippen molar-refractivity contribution in [2.75, 3.05) is 25.1 Å². The second-order valence-electron chi connectivity index (χ2n) is 5.26.